The highest BCUT2D eigenvalue weighted by Gasteiger charge is 2.47. The highest BCUT2D eigenvalue weighted by atomic mass is 16.5. The van der Waals surface area contributed by atoms with E-state index in [0.717, 1.165) is 11.3 Å². The van der Waals surface area contributed by atoms with Crippen molar-refractivity contribution in [2.75, 3.05) is 20.8 Å². The molecule has 0 aromatic heterocycles. The summed E-state index contributed by atoms with van der Waals surface area (Å²) in [5, 5.41) is 3.25. The molecule has 0 bridgehead atoms. The molecule has 0 fully saturated rings. The molecular formula is C24H29NO6. The number of dihydropyridines is 1. The van der Waals surface area contributed by atoms with E-state index in [9.17, 15) is 14.4 Å². The number of ketones is 1. The summed E-state index contributed by atoms with van der Waals surface area (Å²) in [6, 6.07) is 7.27. The van der Waals surface area contributed by atoms with Gasteiger partial charge in [-0.3, -0.25) is 9.59 Å². The largest absolute Gasteiger partial charge is 0.497 e. The topological polar surface area (TPSA) is 90.9 Å². The molecule has 31 heavy (non-hydrogen) atoms. The van der Waals surface area contributed by atoms with E-state index >= 15 is 0 Å². The van der Waals surface area contributed by atoms with Crippen LogP contribution in [-0.2, 0) is 23.9 Å². The lowest BCUT2D eigenvalue weighted by Crippen LogP contribution is -2.43. The van der Waals surface area contributed by atoms with E-state index in [-0.39, 0.29) is 18.3 Å². The number of Topliss-reactive ketones (excluding diaryl/α,β-unsaturated/α-hetero) is 1. The zero-order chi connectivity index (χ0) is 22.7. The molecule has 1 aromatic carbocycles. The minimum absolute atomic E-state index is 0.224. The van der Waals surface area contributed by atoms with Gasteiger partial charge in [-0.25, -0.2) is 4.79 Å². The molecule has 0 saturated carbocycles. The first-order valence-electron chi connectivity index (χ1n) is 10.5. The van der Waals surface area contributed by atoms with Crippen molar-refractivity contribution in [3.05, 3.63) is 52.4 Å². The predicted octanol–water partition coefficient (Wildman–Crippen LogP) is 3.26. The van der Waals surface area contributed by atoms with Crippen LogP contribution in [0, 0.1) is 11.8 Å². The van der Waals surface area contributed by atoms with Crippen LogP contribution in [0.1, 0.15) is 45.1 Å². The maximum Gasteiger partial charge on any atom is 0.336 e. The quantitative estimate of drug-likeness (QED) is 0.550. The Bertz CT molecular complexity index is 961. The minimum atomic E-state index is -0.912. The minimum Gasteiger partial charge on any atom is -0.497 e. The first-order valence-corrected chi connectivity index (χ1v) is 10.5. The van der Waals surface area contributed by atoms with Gasteiger partial charge in [0.05, 0.1) is 26.4 Å². The molecule has 2 aliphatic rings. The maximum atomic E-state index is 13.6. The molecule has 0 unspecified atom stereocenters. The fraction of sp³-hybridized carbons (Fsp3) is 0.458. The van der Waals surface area contributed by atoms with E-state index in [0.29, 0.717) is 35.4 Å². The van der Waals surface area contributed by atoms with Gasteiger partial charge in [0.15, 0.2) is 5.78 Å². The number of hydrogen-bond acceptors (Lipinski definition) is 7. The van der Waals surface area contributed by atoms with Crippen LogP contribution >= 0.6 is 0 Å². The Kier molecular flexibility index (Phi) is 6.83. The summed E-state index contributed by atoms with van der Waals surface area (Å²) in [4.78, 5) is 39.1. The molecule has 1 aliphatic heterocycles. The summed E-state index contributed by atoms with van der Waals surface area (Å²) >= 11 is 0. The van der Waals surface area contributed by atoms with E-state index in [1.807, 2.05) is 26.0 Å². The number of rotatable bonds is 6. The molecule has 3 rings (SSSR count). The van der Waals surface area contributed by atoms with Crippen LogP contribution in [0.25, 0.3) is 0 Å². The highest BCUT2D eigenvalue weighted by Crippen LogP contribution is 2.45. The van der Waals surface area contributed by atoms with Gasteiger partial charge >= 0.3 is 11.9 Å². The van der Waals surface area contributed by atoms with Crippen molar-refractivity contribution in [2.45, 2.75) is 39.5 Å². The molecule has 3 atom stereocenters. The van der Waals surface area contributed by atoms with Crippen molar-refractivity contribution in [1.29, 1.82) is 0 Å². The van der Waals surface area contributed by atoms with Crippen LogP contribution in [0.4, 0.5) is 0 Å². The standard InChI is InChI=1S/C24H29NO6/c1-6-10-31-24(28)19-14(3)25-17-11-13(2)18(23(27)30-5)22(26)21(17)20(19)15-8-7-9-16(12-15)29-4/h7-9,12-13,18,20,25H,6,10-11H2,1-5H3/t13-,18+,20-/m1/s1. The van der Waals surface area contributed by atoms with E-state index in [4.69, 9.17) is 14.2 Å². The number of carbonyl (C=O) groups is 3. The second kappa shape index (κ2) is 9.37. The third-order valence-electron chi connectivity index (χ3n) is 5.83. The third kappa shape index (κ3) is 4.22. The van der Waals surface area contributed by atoms with Gasteiger partial charge in [0.2, 0.25) is 0 Å². The van der Waals surface area contributed by atoms with E-state index in [1.165, 1.54) is 7.11 Å². The first-order chi connectivity index (χ1) is 14.8. The van der Waals surface area contributed by atoms with Crippen LogP contribution in [0.5, 0.6) is 5.75 Å². The van der Waals surface area contributed by atoms with Gasteiger partial charge < -0.3 is 19.5 Å². The summed E-state index contributed by atoms with van der Waals surface area (Å²) < 4.78 is 15.7. The molecule has 1 N–H and O–H groups in total. The summed E-state index contributed by atoms with van der Waals surface area (Å²) in [6.45, 7) is 5.86. The van der Waals surface area contributed by atoms with Gasteiger partial charge in [-0.2, -0.15) is 0 Å². The zero-order valence-corrected chi connectivity index (χ0v) is 18.6. The van der Waals surface area contributed by atoms with Gasteiger partial charge in [0, 0.05) is 22.9 Å². The predicted molar refractivity (Wildman–Crippen MR) is 114 cm³/mol. The third-order valence-corrected chi connectivity index (χ3v) is 5.83. The molecule has 0 amide bonds. The number of hydrogen-bond donors (Lipinski definition) is 1. The summed E-state index contributed by atoms with van der Waals surface area (Å²) in [6.07, 6.45) is 1.18. The second-order valence-electron chi connectivity index (χ2n) is 7.95. The van der Waals surface area contributed by atoms with Crippen LogP contribution < -0.4 is 10.1 Å². The molecule has 0 saturated heterocycles. The normalized spacial score (nSPS) is 23.1. The molecule has 7 heteroatoms. The van der Waals surface area contributed by atoms with E-state index in [1.54, 1.807) is 26.2 Å². The highest BCUT2D eigenvalue weighted by molar-refractivity contribution is 6.12. The molecule has 0 radical (unpaired) electrons. The van der Waals surface area contributed by atoms with Crippen LogP contribution in [0.15, 0.2) is 46.8 Å². The lowest BCUT2D eigenvalue weighted by Gasteiger charge is -2.38. The molecule has 7 nitrogen and oxygen atoms in total. The average Bonchev–Trinajstić information content (AvgIpc) is 2.76. The van der Waals surface area contributed by atoms with Crippen LogP contribution in [0.3, 0.4) is 0 Å². The van der Waals surface area contributed by atoms with Crippen molar-refractivity contribution in [3.63, 3.8) is 0 Å². The van der Waals surface area contributed by atoms with Crippen molar-refractivity contribution in [1.82, 2.24) is 5.32 Å². The summed E-state index contributed by atoms with van der Waals surface area (Å²) in [5.41, 5.74) is 2.88. The van der Waals surface area contributed by atoms with Crippen LogP contribution in [-0.4, -0.2) is 38.5 Å². The van der Waals surface area contributed by atoms with Crippen molar-refractivity contribution >= 4 is 17.7 Å². The average molecular weight is 427 g/mol. The van der Waals surface area contributed by atoms with Gasteiger partial charge in [-0.05, 0) is 43.4 Å². The first kappa shape index (κ1) is 22.6. The Morgan fingerprint density at radius 3 is 2.61 bits per heavy atom. The van der Waals surface area contributed by atoms with Crippen molar-refractivity contribution in [2.24, 2.45) is 11.8 Å². The monoisotopic (exact) mass is 427 g/mol. The fourth-order valence-corrected chi connectivity index (χ4v) is 4.38. The summed E-state index contributed by atoms with van der Waals surface area (Å²) in [7, 11) is 2.84. The number of benzene rings is 1. The number of nitrogens with one attached hydrogen (secondary N) is 1. The van der Waals surface area contributed by atoms with Gasteiger partial charge in [0.1, 0.15) is 11.7 Å². The molecule has 0 spiro atoms. The Hall–Kier alpha value is -3.09. The number of esters is 2. The van der Waals surface area contributed by atoms with Crippen molar-refractivity contribution < 1.29 is 28.6 Å². The van der Waals surface area contributed by atoms with Gasteiger partial charge in [-0.1, -0.05) is 26.0 Å². The Morgan fingerprint density at radius 1 is 1.23 bits per heavy atom. The number of allylic oxidation sites excluding steroid dienone is 3. The number of methoxy groups -OCH3 is 2. The molecule has 1 aromatic rings. The van der Waals surface area contributed by atoms with Crippen molar-refractivity contribution in [3.8, 4) is 5.75 Å². The second-order valence-corrected chi connectivity index (χ2v) is 7.95. The molecule has 1 heterocycles. The molecular weight excluding hydrogens is 398 g/mol. The Morgan fingerprint density at radius 2 is 1.97 bits per heavy atom. The fourth-order valence-electron chi connectivity index (χ4n) is 4.38. The Balaban J connectivity index is 2.17. The van der Waals surface area contributed by atoms with E-state index in [2.05, 4.69) is 5.32 Å². The SMILES string of the molecule is CCCOC(=O)C1=C(C)NC2=C(C(=O)[C@@H](C(=O)OC)[C@H](C)C2)[C@@H]1c1cccc(OC)c1. The van der Waals surface area contributed by atoms with E-state index < -0.39 is 23.8 Å². The smallest absolute Gasteiger partial charge is 0.336 e. The number of carbonyl (C=O) groups excluding carboxylic acids is 3. The lowest BCUT2D eigenvalue weighted by molar-refractivity contribution is -0.151. The zero-order valence-electron chi connectivity index (χ0n) is 18.6. The summed E-state index contributed by atoms with van der Waals surface area (Å²) in [5.74, 6) is -2.55. The van der Waals surface area contributed by atoms with Gasteiger partial charge in [0.25, 0.3) is 0 Å². The lowest BCUT2D eigenvalue weighted by atomic mass is 9.69. The maximum absolute atomic E-state index is 13.6. The molecule has 166 valence electrons. The number of ether oxygens (including phenoxy) is 3. The Labute approximate surface area is 182 Å². The van der Waals surface area contributed by atoms with Gasteiger partial charge in [-0.15, -0.1) is 0 Å². The molecule has 1 aliphatic carbocycles. The van der Waals surface area contributed by atoms with Crippen LogP contribution in [0.2, 0.25) is 0 Å².